The summed E-state index contributed by atoms with van der Waals surface area (Å²) in [7, 11) is 0. The molecule has 3 aliphatic rings. The van der Waals surface area contributed by atoms with Crippen molar-refractivity contribution in [3.05, 3.63) is 30.1 Å². The first-order chi connectivity index (χ1) is 11.7. The van der Waals surface area contributed by atoms with Crippen molar-refractivity contribution in [1.82, 2.24) is 9.88 Å². The highest BCUT2D eigenvalue weighted by Gasteiger charge is 2.46. The largest absolute Gasteiger partial charge is 0.378 e. The quantitative estimate of drug-likeness (QED) is 0.823. The van der Waals surface area contributed by atoms with Gasteiger partial charge in [0.25, 0.3) is 0 Å². The fraction of sp³-hybridized carbons (Fsp3) is 0.667. The molecular weight excluding hydrogens is 308 g/mol. The predicted molar refractivity (Wildman–Crippen MR) is 86.3 cm³/mol. The van der Waals surface area contributed by atoms with Crippen LogP contribution in [-0.2, 0) is 19.0 Å². The number of nitrogens with zero attached hydrogens (tertiary/aromatic N) is 2. The number of rotatable bonds is 2. The molecule has 0 N–H and O–H groups in total. The van der Waals surface area contributed by atoms with E-state index in [4.69, 9.17) is 14.2 Å². The van der Waals surface area contributed by atoms with Crippen molar-refractivity contribution in [3.8, 4) is 0 Å². The summed E-state index contributed by atoms with van der Waals surface area (Å²) in [4.78, 5) is 19.3. The van der Waals surface area contributed by atoms with E-state index >= 15 is 0 Å². The molecule has 4 rings (SSSR count). The average Bonchev–Trinajstić information content (AvgIpc) is 3.24. The van der Waals surface area contributed by atoms with Crippen LogP contribution in [0.4, 0.5) is 0 Å². The van der Waals surface area contributed by atoms with Gasteiger partial charge in [-0.15, -0.1) is 0 Å². The average molecular weight is 332 g/mol. The van der Waals surface area contributed by atoms with Crippen molar-refractivity contribution in [1.29, 1.82) is 0 Å². The van der Waals surface area contributed by atoms with Crippen LogP contribution in [0.2, 0.25) is 0 Å². The zero-order valence-corrected chi connectivity index (χ0v) is 14.0. The minimum Gasteiger partial charge on any atom is -0.378 e. The lowest BCUT2D eigenvalue weighted by molar-refractivity contribution is -0.170. The summed E-state index contributed by atoms with van der Waals surface area (Å²) < 4.78 is 17.5. The molecule has 3 saturated heterocycles. The highest BCUT2D eigenvalue weighted by Crippen LogP contribution is 2.37. The van der Waals surface area contributed by atoms with Crippen LogP contribution < -0.4 is 0 Å². The van der Waals surface area contributed by atoms with Crippen molar-refractivity contribution in [2.45, 2.75) is 37.6 Å². The molecule has 0 saturated carbocycles. The van der Waals surface area contributed by atoms with Gasteiger partial charge in [0.2, 0.25) is 5.91 Å². The zero-order chi connectivity index (χ0) is 16.6. The van der Waals surface area contributed by atoms with Gasteiger partial charge < -0.3 is 19.1 Å². The molecule has 0 radical (unpaired) electrons. The molecule has 3 aliphatic heterocycles. The maximum Gasteiger partial charge on any atom is 0.228 e. The molecule has 24 heavy (non-hydrogen) atoms. The van der Waals surface area contributed by atoms with Crippen LogP contribution in [0.25, 0.3) is 0 Å². The third kappa shape index (κ3) is 2.94. The molecule has 1 aromatic heterocycles. The van der Waals surface area contributed by atoms with E-state index in [1.165, 1.54) is 0 Å². The predicted octanol–water partition coefficient (Wildman–Crippen LogP) is 1.57. The maximum atomic E-state index is 13.2. The number of hydrogen-bond donors (Lipinski definition) is 0. The normalized spacial score (nSPS) is 36.4. The van der Waals surface area contributed by atoms with Crippen LogP contribution in [-0.4, -0.2) is 60.4 Å². The Kier molecular flexibility index (Phi) is 4.28. The fourth-order valence-electron chi connectivity index (χ4n) is 4.15. The number of pyridine rings is 1. The lowest BCUT2D eigenvalue weighted by Crippen LogP contribution is -2.58. The van der Waals surface area contributed by atoms with E-state index in [0.717, 1.165) is 18.4 Å². The standard InChI is InChI=1S/C18H24N2O4/c1-13-10-20(11-18(24-13)5-8-22-12-18)17(21)15-4-7-23-16(15)14-3-2-6-19-9-14/h2-3,6,9,13,15-16H,4-5,7-8,10-12H2,1H3/t13?,15-,16+,18?/m0/s1. The molecule has 0 aromatic carbocycles. The summed E-state index contributed by atoms with van der Waals surface area (Å²) in [6.45, 7) is 5.19. The molecule has 6 heteroatoms. The van der Waals surface area contributed by atoms with Crippen molar-refractivity contribution >= 4 is 5.91 Å². The molecule has 4 atom stereocenters. The molecule has 1 amide bonds. The maximum absolute atomic E-state index is 13.2. The molecule has 0 bridgehead atoms. The van der Waals surface area contributed by atoms with E-state index in [1.54, 1.807) is 12.4 Å². The molecule has 6 nitrogen and oxygen atoms in total. The molecule has 1 aromatic rings. The summed E-state index contributed by atoms with van der Waals surface area (Å²) in [5.74, 6) is 0.0293. The molecule has 2 unspecified atom stereocenters. The molecule has 130 valence electrons. The Morgan fingerprint density at radius 2 is 2.33 bits per heavy atom. The van der Waals surface area contributed by atoms with Gasteiger partial charge in [-0.25, -0.2) is 0 Å². The monoisotopic (exact) mass is 332 g/mol. The van der Waals surface area contributed by atoms with Gasteiger partial charge in [-0.3, -0.25) is 9.78 Å². The Balaban J connectivity index is 1.52. The van der Waals surface area contributed by atoms with Crippen LogP contribution in [0.5, 0.6) is 0 Å². The first kappa shape index (κ1) is 16.0. The summed E-state index contributed by atoms with van der Waals surface area (Å²) in [5.41, 5.74) is 0.657. The smallest absolute Gasteiger partial charge is 0.228 e. The molecular formula is C18H24N2O4. The first-order valence-electron chi connectivity index (χ1n) is 8.73. The van der Waals surface area contributed by atoms with Gasteiger partial charge in [0.05, 0.1) is 31.3 Å². The first-order valence-corrected chi connectivity index (χ1v) is 8.73. The molecule has 4 heterocycles. The van der Waals surface area contributed by atoms with E-state index in [1.807, 2.05) is 24.0 Å². The summed E-state index contributed by atoms with van der Waals surface area (Å²) in [6, 6.07) is 3.87. The number of hydrogen-bond acceptors (Lipinski definition) is 5. The fourth-order valence-corrected chi connectivity index (χ4v) is 4.15. The Labute approximate surface area is 142 Å². The van der Waals surface area contributed by atoms with E-state index < -0.39 is 0 Å². The number of aromatic nitrogens is 1. The van der Waals surface area contributed by atoms with Gasteiger partial charge in [-0.1, -0.05) is 6.07 Å². The van der Waals surface area contributed by atoms with E-state index in [9.17, 15) is 4.79 Å². The lowest BCUT2D eigenvalue weighted by atomic mass is 9.92. The number of amides is 1. The topological polar surface area (TPSA) is 60.9 Å². The third-order valence-electron chi connectivity index (χ3n) is 5.21. The molecule has 0 aliphatic carbocycles. The van der Waals surface area contributed by atoms with E-state index in [-0.39, 0.29) is 29.6 Å². The highest BCUT2D eigenvalue weighted by atomic mass is 16.6. The lowest BCUT2D eigenvalue weighted by Gasteiger charge is -2.43. The van der Waals surface area contributed by atoms with Gasteiger partial charge in [-0.05, 0) is 25.0 Å². The minimum absolute atomic E-state index is 0.0311. The van der Waals surface area contributed by atoms with Gasteiger partial charge in [0.1, 0.15) is 5.60 Å². The second-order valence-electron chi connectivity index (χ2n) is 7.11. The van der Waals surface area contributed by atoms with Crippen LogP contribution in [0, 0.1) is 5.92 Å². The zero-order valence-electron chi connectivity index (χ0n) is 14.0. The van der Waals surface area contributed by atoms with Crippen LogP contribution >= 0.6 is 0 Å². The Morgan fingerprint density at radius 3 is 3.08 bits per heavy atom. The van der Waals surface area contributed by atoms with Crippen molar-refractivity contribution in [2.75, 3.05) is 32.9 Å². The minimum atomic E-state index is -0.323. The number of morpholine rings is 1. The van der Waals surface area contributed by atoms with Crippen molar-refractivity contribution in [2.24, 2.45) is 5.92 Å². The highest BCUT2D eigenvalue weighted by molar-refractivity contribution is 5.80. The van der Waals surface area contributed by atoms with Crippen molar-refractivity contribution < 1.29 is 19.0 Å². The Hall–Kier alpha value is -1.50. The van der Waals surface area contributed by atoms with Gasteiger partial charge in [0.15, 0.2) is 0 Å². The SMILES string of the molecule is CC1CN(C(=O)[C@H]2CCO[C@@H]2c2cccnc2)CC2(CCOC2)O1. The Morgan fingerprint density at radius 1 is 1.42 bits per heavy atom. The van der Waals surface area contributed by atoms with Crippen LogP contribution in [0.15, 0.2) is 24.5 Å². The van der Waals surface area contributed by atoms with Gasteiger partial charge in [0, 0.05) is 38.6 Å². The van der Waals surface area contributed by atoms with Gasteiger partial charge >= 0.3 is 0 Å². The summed E-state index contributed by atoms with van der Waals surface area (Å²) in [5, 5.41) is 0. The van der Waals surface area contributed by atoms with Crippen LogP contribution in [0.3, 0.4) is 0 Å². The summed E-state index contributed by atoms with van der Waals surface area (Å²) in [6.07, 6.45) is 4.98. The second kappa shape index (κ2) is 6.43. The number of carbonyl (C=O) groups is 1. The van der Waals surface area contributed by atoms with E-state index in [0.29, 0.717) is 32.9 Å². The number of carbonyl (C=O) groups excluding carboxylic acids is 1. The summed E-state index contributed by atoms with van der Waals surface area (Å²) >= 11 is 0. The number of ether oxygens (including phenoxy) is 3. The molecule has 3 fully saturated rings. The second-order valence-corrected chi connectivity index (χ2v) is 7.11. The van der Waals surface area contributed by atoms with Gasteiger partial charge in [-0.2, -0.15) is 0 Å². The Bertz CT molecular complexity index is 588. The molecule has 1 spiro atoms. The van der Waals surface area contributed by atoms with E-state index in [2.05, 4.69) is 4.98 Å². The third-order valence-corrected chi connectivity index (χ3v) is 5.21. The van der Waals surface area contributed by atoms with Crippen LogP contribution in [0.1, 0.15) is 31.4 Å². The van der Waals surface area contributed by atoms with Crippen molar-refractivity contribution in [3.63, 3.8) is 0 Å².